The lowest BCUT2D eigenvalue weighted by Gasteiger charge is -2.09. The van der Waals surface area contributed by atoms with Crippen molar-refractivity contribution < 1.29 is 13.2 Å². The molecule has 13 heavy (non-hydrogen) atoms. The van der Waals surface area contributed by atoms with Crippen molar-refractivity contribution in [2.75, 3.05) is 5.73 Å². The summed E-state index contributed by atoms with van der Waals surface area (Å²) in [4.78, 5) is 0.0625. The molecule has 0 bridgehead atoms. The highest BCUT2D eigenvalue weighted by atomic mass is 32.2. The third-order valence-electron chi connectivity index (χ3n) is 1.51. The Labute approximate surface area is 78.1 Å². The minimum atomic E-state index is -4.28. The number of nitrogen functional groups attached to an aromatic ring is 1. The number of halogens is 3. The first-order chi connectivity index (χ1) is 5.90. The number of para-hydroxylation sites is 1. The maximum Gasteiger partial charge on any atom is 0.446 e. The summed E-state index contributed by atoms with van der Waals surface area (Å²) in [6.07, 6.45) is 0. The van der Waals surface area contributed by atoms with Crippen molar-refractivity contribution in [2.45, 2.75) is 17.3 Å². The van der Waals surface area contributed by atoms with Crippen LogP contribution < -0.4 is 5.73 Å². The number of rotatable bonds is 1. The maximum absolute atomic E-state index is 12.0. The molecule has 1 aromatic carbocycles. The number of thioether (sulfide) groups is 1. The minimum absolute atomic E-state index is 0.0625. The molecule has 0 aromatic heterocycles. The monoisotopic (exact) mass is 207 g/mol. The van der Waals surface area contributed by atoms with Gasteiger partial charge in [0, 0.05) is 10.6 Å². The molecular weight excluding hydrogens is 199 g/mol. The number of hydrogen-bond donors (Lipinski definition) is 1. The number of benzene rings is 1. The van der Waals surface area contributed by atoms with Gasteiger partial charge in [0.1, 0.15) is 0 Å². The molecule has 1 nitrogen and oxygen atoms in total. The van der Waals surface area contributed by atoms with Gasteiger partial charge in [0.15, 0.2) is 0 Å². The first-order valence-electron chi connectivity index (χ1n) is 3.51. The molecule has 0 heterocycles. The van der Waals surface area contributed by atoms with Crippen molar-refractivity contribution >= 4 is 17.4 Å². The fourth-order valence-corrected chi connectivity index (χ4v) is 1.53. The van der Waals surface area contributed by atoms with Crippen LogP contribution >= 0.6 is 11.8 Å². The third-order valence-corrected chi connectivity index (χ3v) is 2.32. The van der Waals surface area contributed by atoms with E-state index in [4.69, 9.17) is 5.73 Å². The Kier molecular flexibility index (Phi) is 2.75. The summed E-state index contributed by atoms with van der Waals surface area (Å²) in [5.74, 6) is 0. The van der Waals surface area contributed by atoms with Crippen molar-refractivity contribution in [1.29, 1.82) is 0 Å². The highest BCUT2D eigenvalue weighted by Gasteiger charge is 2.30. The van der Waals surface area contributed by atoms with E-state index in [-0.39, 0.29) is 22.3 Å². The van der Waals surface area contributed by atoms with Crippen LogP contribution in [0.25, 0.3) is 0 Å². The Balaban J connectivity index is 2.96. The lowest BCUT2D eigenvalue weighted by atomic mass is 10.2. The van der Waals surface area contributed by atoms with Gasteiger partial charge in [-0.1, -0.05) is 12.1 Å². The average Bonchev–Trinajstić information content (AvgIpc) is 1.96. The van der Waals surface area contributed by atoms with Gasteiger partial charge in [-0.2, -0.15) is 13.2 Å². The number of alkyl halides is 3. The summed E-state index contributed by atoms with van der Waals surface area (Å²) in [6, 6.07) is 4.59. The van der Waals surface area contributed by atoms with Crippen molar-refractivity contribution in [2.24, 2.45) is 0 Å². The molecule has 0 saturated heterocycles. The van der Waals surface area contributed by atoms with Crippen LogP contribution in [0.2, 0.25) is 0 Å². The van der Waals surface area contributed by atoms with E-state index in [1.807, 2.05) is 0 Å². The van der Waals surface area contributed by atoms with Crippen LogP contribution in [0.1, 0.15) is 5.56 Å². The molecule has 5 heteroatoms. The maximum atomic E-state index is 12.0. The van der Waals surface area contributed by atoms with Crippen LogP contribution in [0.4, 0.5) is 18.9 Å². The number of hydrogen-bond acceptors (Lipinski definition) is 2. The fraction of sp³-hybridized carbons (Fsp3) is 0.250. The Bertz CT molecular complexity index is 309. The van der Waals surface area contributed by atoms with Crippen LogP contribution in [0.3, 0.4) is 0 Å². The second-order valence-electron chi connectivity index (χ2n) is 2.53. The van der Waals surface area contributed by atoms with Gasteiger partial charge in [-0.3, -0.25) is 0 Å². The van der Waals surface area contributed by atoms with Crippen molar-refractivity contribution in [3.8, 4) is 0 Å². The zero-order valence-corrected chi connectivity index (χ0v) is 7.67. The normalized spacial score (nSPS) is 11.7. The molecule has 0 fully saturated rings. The summed E-state index contributed by atoms with van der Waals surface area (Å²) >= 11 is -0.183. The predicted molar refractivity (Wildman–Crippen MR) is 47.5 cm³/mol. The molecule has 1 rings (SSSR count). The van der Waals surface area contributed by atoms with Gasteiger partial charge in [0.05, 0.1) is 0 Å². The molecule has 0 amide bonds. The topological polar surface area (TPSA) is 26.0 Å². The zero-order chi connectivity index (χ0) is 10.1. The van der Waals surface area contributed by atoms with Crippen LogP contribution in [0.5, 0.6) is 0 Å². The van der Waals surface area contributed by atoms with E-state index in [0.717, 1.165) is 0 Å². The largest absolute Gasteiger partial charge is 0.446 e. The molecule has 0 saturated carbocycles. The van der Waals surface area contributed by atoms with E-state index in [2.05, 4.69) is 0 Å². The zero-order valence-electron chi connectivity index (χ0n) is 6.85. The van der Waals surface area contributed by atoms with Gasteiger partial charge in [-0.05, 0) is 30.3 Å². The highest BCUT2D eigenvalue weighted by Crippen LogP contribution is 2.40. The average molecular weight is 207 g/mol. The first-order valence-corrected chi connectivity index (χ1v) is 4.32. The van der Waals surface area contributed by atoms with E-state index in [0.29, 0.717) is 5.56 Å². The summed E-state index contributed by atoms with van der Waals surface area (Å²) in [6.45, 7) is 1.68. The summed E-state index contributed by atoms with van der Waals surface area (Å²) in [7, 11) is 0. The van der Waals surface area contributed by atoms with Crippen molar-refractivity contribution in [3.63, 3.8) is 0 Å². The van der Waals surface area contributed by atoms with E-state index < -0.39 is 5.51 Å². The van der Waals surface area contributed by atoms with Crippen LogP contribution in [0, 0.1) is 6.92 Å². The van der Waals surface area contributed by atoms with E-state index in [9.17, 15) is 13.2 Å². The van der Waals surface area contributed by atoms with Gasteiger partial charge < -0.3 is 5.73 Å². The molecule has 0 unspecified atom stereocenters. The highest BCUT2D eigenvalue weighted by molar-refractivity contribution is 8.00. The summed E-state index contributed by atoms with van der Waals surface area (Å²) in [5.41, 5.74) is 2.05. The Morgan fingerprint density at radius 2 is 1.92 bits per heavy atom. The second kappa shape index (κ2) is 3.49. The quantitative estimate of drug-likeness (QED) is 0.565. The Morgan fingerprint density at radius 3 is 2.46 bits per heavy atom. The SMILES string of the molecule is Cc1cccc(SC(F)(F)F)c1N. The standard InChI is InChI=1S/C8H8F3NS/c1-5-3-2-4-6(7(5)12)13-8(9,10)11/h2-4H,12H2,1H3. The van der Waals surface area contributed by atoms with Crippen molar-refractivity contribution in [3.05, 3.63) is 23.8 Å². The molecule has 1 aromatic rings. The number of aryl methyl sites for hydroxylation is 1. The van der Waals surface area contributed by atoms with Gasteiger partial charge in [0.25, 0.3) is 0 Å². The Hall–Kier alpha value is -0.840. The molecule has 2 N–H and O–H groups in total. The van der Waals surface area contributed by atoms with Gasteiger partial charge >= 0.3 is 5.51 Å². The first kappa shape index (κ1) is 10.2. The lowest BCUT2D eigenvalue weighted by molar-refractivity contribution is -0.0327. The third kappa shape index (κ3) is 2.84. The molecule has 0 aliphatic heterocycles. The van der Waals surface area contributed by atoms with Gasteiger partial charge in [-0.15, -0.1) is 0 Å². The molecule has 0 radical (unpaired) electrons. The minimum Gasteiger partial charge on any atom is -0.398 e. The van der Waals surface area contributed by atoms with E-state index in [1.165, 1.54) is 6.07 Å². The Morgan fingerprint density at radius 1 is 1.31 bits per heavy atom. The molecular formula is C8H8F3NS. The molecule has 0 aliphatic carbocycles. The molecule has 72 valence electrons. The number of anilines is 1. The van der Waals surface area contributed by atoms with Gasteiger partial charge in [0.2, 0.25) is 0 Å². The fourth-order valence-electron chi connectivity index (χ4n) is 0.867. The van der Waals surface area contributed by atoms with E-state index >= 15 is 0 Å². The van der Waals surface area contributed by atoms with Crippen LogP contribution in [-0.2, 0) is 0 Å². The van der Waals surface area contributed by atoms with Crippen LogP contribution in [0.15, 0.2) is 23.1 Å². The van der Waals surface area contributed by atoms with Gasteiger partial charge in [-0.25, -0.2) is 0 Å². The number of nitrogens with two attached hydrogens (primary N) is 1. The summed E-state index contributed by atoms with van der Waals surface area (Å²) < 4.78 is 35.9. The lowest BCUT2D eigenvalue weighted by Crippen LogP contribution is -2.01. The van der Waals surface area contributed by atoms with E-state index in [1.54, 1.807) is 19.1 Å². The predicted octanol–water partition coefficient (Wildman–Crippen LogP) is 3.19. The molecule has 0 atom stereocenters. The molecule has 0 aliphatic rings. The molecule has 0 spiro atoms. The van der Waals surface area contributed by atoms with Crippen molar-refractivity contribution in [1.82, 2.24) is 0 Å². The second-order valence-corrected chi connectivity index (χ2v) is 3.64. The summed E-state index contributed by atoms with van der Waals surface area (Å²) in [5, 5.41) is 0. The van der Waals surface area contributed by atoms with Crippen LogP contribution in [-0.4, -0.2) is 5.51 Å². The smallest absolute Gasteiger partial charge is 0.398 e.